The van der Waals surface area contributed by atoms with E-state index in [0.29, 0.717) is 35.1 Å². The Morgan fingerprint density at radius 2 is 2.07 bits per heavy atom. The highest BCUT2D eigenvalue weighted by atomic mass is 19.1. The van der Waals surface area contributed by atoms with Gasteiger partial charge in [-0.2, -0.15) is 10.2 Å². The highest BCUT2D eigenvalue weighted by molar-refractivity contribution is 5.78. The van der Waals surface area contributed by atoms with E-state index in [0.717, 1.165) is 23.7 Å². The number of hydrogen-bond donors (Lipinski definition) is 0. The van der Waals surface area contributed by atoms with Gasteiger partial charge < -0.3 is 9.47 Å². The van der Waals surface area contributed by atoms with Crippen molar-refractivity contribution in [3.8, 4) is 29.1 Å². The number of ether oxygens (including phenoxy) is 2. The molecule has 1 aliphatic heterocycles. The molecular formula is C22H14F2N4O2. The first-order chi connectivity index (χ1) is 14.6. The molecule has 0 amide bonds. The van der Waals surface area contributed by atoms with Crippen molar-refractivity contribution >= 4 is 11.0 Å². The zero-order chi connectivity index (χ0) is 20.7. The first kappa shape index (κ1) is 18.1. The average molecular weight is 404 g/mol. The molecule has 1 aliphatic rings. The van der Waals surface area contributed by atoms with E-state index in [2.05, 4.69) is 16.0 Å². The maximum absolute atomic E-state index is 13.9. The number of nitriles is 1. The third-order valence-corrected chi connectivity index (χ3v) is 4.88. The lowest BCUT2D eigenvalue weighted by Crippen LogP contribution is -2.23. The Labute approximate surface area is 169 Å². The number of aromatic nitrogens is 3. The Bertz CT molecular complexity index is 1300. The van der Waals surface area contributed by atoms with E-state index in [9.17, 15) is 8.78 Å². The normalized spacial score (nSPS) is 14.9. The van der Waals surface area contributed by atoms with Crippen LogP contribution in [0.15, 0.2) is 54.7 Å². The van der Waals surface area contributed by atoms with Crippen molar-refractivity contribution in [2.75, 3.05) is 6.61 Å². The smallest absolute Gasteiger partial charge is 0.297 e. The molecule has 3 heterocycles. The zero-order valence-corrected chi connectivity index (χ0v) is 15.5. The van der Waals surface area contributed by atoms with Gasteiger partial charge in [0, 0.05) is 5.56 Å². The molecule has 8 heteroatoms. The molecule has 0 radical (unpaired) electrons. The molecule has 0 fully saturated rings. The lowest BCUT2D eigenvalue weighted by atomic mass is 10.1. The van der Waals surface area contributed by atoms with Gasteiger partial charge in [0.25, 0.3) is 6.01 Å². The molecule has 2 aromatic heterocycles. The summed E-state index contributed by atoms with van der Waals surface area (Å²) in [6.45, 7) is 0.842. The Morgan fingerprint density at radius 1 is 1.17 bits per heavy atom. The van der Waals surface area contributed by atoms with Crippen LogP contribution in [0.1, 0.15) is 5.56 Å². The van der Waals surface area contributed by atoms with Crippen LogP contribution in [-0.2, 0) is 6.54 Å². The van der Waals surface area contributed by atoms with Crippen LogP contribution in [0.25, 0.3) is 22.3 Å². The van der Waals surface area contributed by atoms with Crippen molar-refractivity contribution in [1.29, 1.82) is 5.26 Å². The largest absolute Gasteiger partial charge is 0.488 e. The highest BCUT2D eigenvalue weighted by Gasteiger charge is 2.27. The molecule has 2 aromatic carbocycles. The maximum atomic E-state index is 13.9. The Hall–Kier alpha value is -3.99. The van der Waals surface area contributed by atoms with Crippen LogP contribution < -0.4 is 9.47 Å². The third-order valence-electron chi connectivity index (χ3n) is 4.88. The lowest BCUT2D eigenvalue weighted by molar-refractivity contribution is 0.143. The predicted molar refractivity (Wildman–Crippen MR) is 104 cm³/mol. The van der Waals surface area contributed by atoms with Gasteiger partial charge in [-0.25, -0.2) is 8.78 Å². The molecule has 0 aliphatic carbocycles. The second-order valence-corrected chi connectivity index (χ2v) is 6.87. The molecule has 1 atom stereocenters. The van der Waals surface area contributed by atoms with Crippen molar-refractivity contribution in [3.05, 3.63) is 71.9 Å². The number of imidazole rings is 1. The summed E-state index contributed by atoms with van der Waals surface area (Å²) in [7, 11) is 0. The summed E-state index contributed by atoms with van der Waals surface area (Å²) in [5.41, 5.74) is 2.58. The number of pyridine rings is 1. The minimum absolute atomic E-state index is 0.0949. The quantitative estimate of drug-likeness (QED) is 0.512. The topological polar surface area (TPSA) is 73.0 Å². The van der Waals surface area contributed by atoms with Crippen LogP contribution in [0.4, 0.5) is 8.78 Å². The molecule has 0 saturated heterocycles. The van der Waals surface area contributed by atoms with Gasteiger partial charge in [0.2, 0.25) is 0 Å². The van der Waals surface area contributed by atoms with Crippen molar-refractivity contribution in [3.63, 3.8) is 0 Å². The molecule has 0 spiro atoms. The van der Waals surface area contributed by atoms with Gasteiger partial charge in [-0.3, -0.25) is 9.55 Å². The predicted octanol–water partition coefficient (Wildman–Crippen LogP) is 4.09. The highest BCUT2D eigenvalue weighted by Crippen LogP contribution is 2.29. The zero-order valence-electron chi connectivity index (χ0n) is 15.5. The summed E-state index contributed by atoms with van der Waals surface area (Å²) < 4.78 is 40.8. The second-order valence-electron chi connectivity index (χ2n) is 6.87. The SMILES string of the molecule is N#Cc1ccc2c(c1)nc1n2C[C@@H](COc2ccc(-c3cc(F)ccc3F)nc2)O1. The van der Waals surface area contributed by atoms with Crippen LogP contribution in [0.5, 0.6) is 11.8 Å². The number of benzene rings is 2. The molecule has 0 bridgehead atoms. The monoisotopic (exact) mass is 404 g/mol. The summed E-state index contributed by atoms with van der Waals surface area (Å²) >= 11 is 0. The Morgan fingerprint density at radius 3 is 2.87 bits per heavy atom. The van der Waals surface area contributed by atoms with Gasteiger partial charge in [-0.1, -0.05) is 0 Å². The van der Waals surface area contributed by atoms with E-state index in [1.165, 1.54) is 6.20 Å². The molecule has 0 saturated carbocycles. The summed E-state index contributed by atoms with van der Waals surface area (Å²) in [6, 6.07) is 14.4. The number of rotatable bonds is 4. The number of nitrogens with zero attached hydrogens (tertiary/aromatic N) is 4. The van der Waals surface area contributed by atoms with E-state index >= 15 is 0 Å². The van der Waals surface area contributed by atoms with Gasteiger partial charge in [-0.15, -0.1) is 0 Å². The first-order valence-corrected chi connectivity index (χ1v) is 9.22. The Kier molecular flexibility index (Phi) is 4.29. The van der Waals surface area contributed by atoms with E-state index in [1.54, 1.807) is 24.3 Å². The molecule has 0 unspecified atom stereocenters. The summed E-state index contributed by atoms with van der Waals surface area (Å²) in [6.07, 6.45) is 1.24. The van der Waals surface area contributed by atoms with Gasteiger partial charge >= 0.3 is 0 Å². The second kappa shape index (κ2) is 7.12. The van der Waals surface area contributed by atoms with Crippen molar-refractivity contribution in [2.45, 2.75) is 12.6 Å². The van der Waals surface area contributed by atoms with Crippen LogP contribution in [0.2, 0.25) is 0 Å². The molecule has 6 nitrogen and oxygen atoms in total. The van der Waals surface area contributed by atoms with Crippen molar-refractivity contribution in [2.24, 2.45) is 0 Å². The number of hydrogen-bond acceptors (Lipinski definition) is 5. The fraction of sp³-hybridized carbons (Fsp3) is 0.136. The summed E-state index contributed by atoms with van der Waals surface area (Å²) in [5.74, 6) is -0.575. The number of fused-ring (bicyclic) bond motifs is 3. The van der Waals surface area contributed by atoms with Crippen molar-refractivity contribution < 1.29 is 18.3 Å². The van der Waals surface area contributed by atoms with Gasteiger partial charge in [-0.05, 0) is 48.5 Å². The fourth-order valence-corrected chi connectivity index (χ4v) is 3.43. The summed E-state index contributed by atoms with van der Waals surface area (Å²) in [4.78, 5) is 8.59. The van der Waals surface area contributed by atoms with Gasteiger partial charge in [0.05, 0.1) is 41.1 Å². The third kappa shape index (κ3) is 3.20. The van der Waals surface area contributed by atoms with Crippen LogP contribution in [-0.4, -0.2) is 27.2 Å². The minimum atomic E-state index is -0.541. The van der Waals surface area contributed by atoms with Gasteiger partial charge in [0.1, 0.15) is 24.0 Å². The molecular weight excluding hydrogens is 390 g/mol. The maximum Gasteiger partial charge on any atom is 0.297 e. The number of halogens is 2. The molecule has 5 rings (SSSR count). The Balaban J connectivity index is 1.25. The fourth-order valence-electron chi connectivity index (χ4n) is 3.43. The average Bonchev–Trinajstić information content (AvgIpc) is 3.31. The minimum Gasteiger partial charge on any atom is -0.488 e. The molecule has 0 N–H and O–H groups in total. The van der Waals surface area contributed by atoms with E-state index in [4.69, 9.17) is 14.7 Å². The molecule has 148 valence electrons. The van der Waals surface area contributed by atoms with Gasteiger partial charge in [0.15, 0.2) is 6.10 Å². The summed E-state index contributed by atoms with van der Waals surface area (Å²) in [5, 5.41) is 9.00. The van der Waals surface area contributed by atoms with Crippen LogP contribution >= 0.6 is 0 Å². The first-order valence-electron chi connectivity index (χ1n) is 9.22. The van der Waals surface area contributed by atoms with Crippen molar-refractivity contribution in [1.82, 2.24) is 14.5 Å². The van der Waals surface area contributed by atoms with Crippen LogP contribution in [0, 0.1) is 23.0 Å². The van der Waals surface area contributed by atoms with Crippen LogP contribution in [0.3, 0.4) is 0 Å². The molecule has 4 aromatic rings. The lowest BCUT2D eigenvalue weighted by Gasteiger charge is -2.12. The van der Waals surface area contributed by atoms with E-state index < -0.39 is 11.6 Å². The van der Waals surface area contributed by atoms with E-state index in [1.807, 2.05) is 10.6 Å². The van der Waals surface area contributed by atoms with E-state index in [-0.39, 0.29) is 18.3 Å². The standard InChI is InChI=1S/C22H14F2N4O2/c23-14-2-4-18(24)17(8-14)19-5-3-15(10-26-19)29-12-16-11-28-21-6-1-13(9-25)7-20(21)27-22(28)30-16/h1-8,10,16H,11-12H2/t16-/m0/s1. The molecule has 30 heavy (non-hydrogen) atoms.